The van der Waals surface area contributed by atoms with Gasteiger partial charge in [-0.25, -0.2) is 9.07 Å². The highest BCUT2D eigenvalue weighted by atomic mass is 35.5. The molecule has 5 rings (SSSR count). The number of aliphatic hydroxyl groups excluding tert-OH is 3. The Kier molecular flexibility index (Phi) is 7.35. The molecule has 16 heteroatoms. The second kappa shape index (κ2) is 10.4. The Balaban J connectivity index is 1.55. The third kappa shape index (κ3) is 5.11. The molecule has 0 aliphatic carbocycles. The third-order valence-corrected chi connectivity index (χ3v) is 6.82. The lowest BCUT2D eigenvalue weighted by molar-refractivity contribution is -0.210. The summed E-state index contributed by atoms with van der Waals surface area (Å²) in [6, 6.07) is 5.54. The van der Waals surface area contributed by atoms with Crippen LogP contribution in [0.25, 0.3) is 16.9 Å². The molecule has 39 heavy (non-hydrogen) atoms. The van der Waals surface area contributed by atoms with Crippen LogP contribution in [-0.2, 0) is 10.9 Å². The van der Waals surface area contributed by atoms with Gasteiger partial charge >= 0.3 is 6.18 Å². The van der Waals surface area contributed by atoms with Crippen LogP contribution in [0, 0.1) is 5.82 Å². The first-order valence-electron chi connectivity index (χ1n) is 11.3. The zero-order valence-corrected chi connectivity index (χ0v) is 20.9. The van der Waals surface area contributed by atoms with Gasteiger partial charge in [-0.15, -0.1) is 15.3 Å². The first-order chi connectivity index (χ1) is 18.5. The van der Waals surface area contributed by atoms with Crippen LogP contribution in [0.1, 0.15) is 23.5 Å². The monoisotopic (exact) mass is 588 g/mol. The molecule has 10 nitrogen and oxygen atoms in total. The molecule has 0 unspecified atom stereocenters. The van der Waals surface area contributed by atoms with Crippen LogP contribution in [0.15, 0.2) is 48.9 Å². The van der Waals surface area contributed by atoms with Gasteiger partial charge in [-0.05, 0) is 30.3 Å². The highest BCUT2D eigenvalue weighted by molar-refractivity contribution is 6.31. The Hall–Kier alpha value is -3.14. The molecule has 1 saturated heterocycles. The maximum Gasteiger partial charge on any atom is 0.418 e. The van der Waals surface area contributed by atoms with Crippen LogP contribution in [0.3, 0.4) is 0 Å². The molecular weight excluding hydrogens is 571 g/mol. The lowest BCUT2D eigenvalue weighted by atomic mass is 9.92. The molecule has 2 aromatic carbocycles. The fourth-order valence-corrected chi connectivity index (χ4v) is 4.69. The van der Waals surface area contributed by atoms with Gasteiger partial charge in [0.2, 0.25) is 0 Å². The van der Waals surface area contributed by atoms with E-state index in [0.717, 1.165) is 39.8 Å². The normalized spacial score (nSPS) is 23.8. The van der Waals surface area contributed by atoms with Crippen molar-refractivity contribution in [2.45, 2.75) is 36.6 Å². The molecule has 0 radical (unpaired) electrons. The summed E-state index contributed by atoms with van der Waals surface area (Å²) in [5.41, 5.74) is -1.01. The largest absolute Gasteiger partial charge is 0.418 e. The fourth-order valence-electron chi connectivity index (χ4n) is 4.41. The lowest BCUT2D eigenvalue weighted by Crippen LogP contribution is -2.53. The standard InChI is InChI=1S/C23H18Cl2F4N6O4/c24-11-2-3-12(23(27,28)29)16(6-11)34-9-30-32-22(34)21-20(38)18(19(37)17(8-36)39-21)35-7-15(31-33-35)10-1-4-13(25)14(26)5-10/h1-7,9,17-21,36-38H,8H2/t17-,18+,19+,20-,21-/m1/s1. The van der Waals surface area contributed by atoms with Crippen molar-refractivity contribution in [1.29, 1.82) is 0 Å². The fraction of sp³-hybridized carbons (Fsp3) is 0.304. The molecule has 206 valence electrons. The molecule has 3 N–H and O–H groups in total. The average Bonchev–Trinajstić information content (AvgIpc) is 3.56. The van der Waals surface area contributed by atoms with Crippen molar-refractivity contribution >= 4 is 23.2 Å². The Labute approximate surface area is 227 Å². The maximum absolute atomic E-state index is 14.0. The minimum atomic E-state index is -4.77. The molecule has 2 aromatic heterocycles. The molecule has 5 atom stereocenters. The quantitative estimate of drug-likeness (QED) is 0.302. The Morgan fingerprint density at radius 3 is 2.49 bits per heavy atom. The lowest BCUT2D eigenvalue weighted by Gasteiger charge is -2.41. The molecule has 0 bridgehead atoms. The van der Waals surface area contributed by atoms with Crippen LogP contribution in [0.2, 0.25) is 10.0 Å². The van der Waals surface area contributed by atoms with Gasteiger partial charge in [0.15, 0.2) is 5.82 Å². The molecule has 1 fully saturated rings. The van der Waals surface area contributed by atoms with E-state index in [2.05, 4.69) is 20.5 Å². The first-order valence-corrected chi connectivity index (χ1v) is 12.0. The second-order valence-electron chi connectivity index (χ2n) is 8.68. The highest BCUT2D eigenvalue weighted by Gasteiger charge is 2.48. The predicted octanol–water partition coefficient (Wildman–Crippen LogP) is 3.39. The zero-order valence-electron chi connectivity index (χ0n) is 19.4. The summed E-state index contributed by atoms with van der Waals surface area (Å²) in [4.78, 5) is 0. The van der Waals surface area contributed by atoms with E-state index < -0.39 is 60.3 Å². The third-order valence-electron chi connectivity index (χ3n) is 6.28. The van der Waals surface area contributed by atoms with E-state index in [1.54, 1.807) is 0 Å². The number of aromatic nitrogens is 6. The van der Waals surface area contributed by atoms with Crippen molar-refractivity contribution in [3.8, 4) is 16.9 Å². The summed E-state index contributed by atoms with van der Waals surface area (Å²) in [6.45, 7) is -0.718. The van der Waals surface area contributed by atoms with E-state index in [0.29, 0.717) is 5.56 Å². The summed E-state index contributed by atoms with van der Waals surface area (Å²) < 4.78 is 63.0. The SMILES string of the molecule is OC[C@H]1O[C@@H](c2nncn2-c2cc(Cl)ccc2C(F)(F)F)[C@H](O)[C@@H](n2cc(-c3ccc(Cl)c(F)c3)nn2)[C@H]1O. The Bertz CT molecular complexity index is 1500. The zero-order chi connectivity index (χ0) is 28.1. The molecular formula is C23H18Cl2F4N6O4. The van der Waals surface area contributed by atoms with Crippen LogP contribution < -0.4 is 0 Å². The molecule has 0 saturated carbocycles. The van der Waals surface area contributed by atoms with E-state index in [1.165, 1.54) is 18.3 Å². The van der Waals surface area contributed by atoms with Crippen LogP contribution >= 0.6 is 23.2 Å². The van der Waals surface area contributed by atoms with Crippen molar-refractivity contribution in [2.24, 2.45) is 0 Å². The molecule has 0 spiro atoms. The Morgan fingerprint density at radius 1 is 1.03 bits per heavy atom. The van der Waals surface area contributed by atoms with Crippen molar-refractivity contribution in [3.05, 3.63) is 76.2 Å². The topological polar surface area (TPSA) is 131 Å². The second-order valence-corrected chi connectivity index (χ2v) is 9.52. The van der Waals surface area contributed by atoms with Gasteiger partial charge in [0.05, 0.1) is 29.1 Å². The number of hydrogen-bond acceptors (Lipinski definition) is 8. The van der Waals surface area contributed by atoms with Crippen molar-refractivity contribution in [1.82, 2.24) is 29.8 Å². The van der Waals surface area contributed by atoms with Gasteiger partial charge in [-0.2, -0.15) is 13.2 Å². The molecule has 1 aliphatic heterocycles. The number of rotatable bonds is 5. The molecule has 0 amide bonds. The number of benzene rings is 2. The summed E-state index contributed by atoms with van der Waals surface area (Å²) in [5, 5.41) is 47.4. The van der Waals surface area contributed by atoms with E-state index in [9.17, 15) is 32.9 Å². The van der Waals surface area contributed by atoms with Crippen LogP contribution in [-0.4, -0.2) is 70.0 Å². The summed E-state index contributed by atoms with van der Waals surface area (Å²) in [5.74, 6) is -0.959. The minimum absolute atomic E-state index is 0.00178. The van der Waals surface area contributed by atoms with Crippen LogP contribution in [0.5, 0.6) is 0 Å². The van der Waals surface area contributed by atoms with Crippen molar-refractivity contribution in [3.63, 3.8) is 0 Å². The van der Waals surface area contributed by atoms with E-state index in [4.69, 9.17) is 27.9 Å². The number of alkyl halides is 3. The molecule has 1 aliphatic rings. The first kappa shape index (κ1) is 27.4. The van der Waals surface area contributed by atoms with Crippen molar-refractivity contribution < 1.29 is 37.6 Å². The number of hydrogen-bond donors (Lipinski definition) is 3. The van der Waals surface area contributed by atoms with E-state index in [-0.39, 0.29) is 21.6 Å². The van der Waals surface area contributed by atoms with E-state index in [1.807, 2.05) is 0 Å². The number of halogens is 6. The van der Waals surface area contributed by atoms with Gasteiger partial charge < -0.3 is 20.1 Å². The minimum Gasteiger partial charge on any atom is -0.394 e. The molecule has 4 aromatic rings. The molecule has 3 heterocycles. The van der Waals surface area contributed by atoms with Gasteiger partial charge in [0.1, 0.15) is 48.3 Å². The van der Waals surface area contributed by atoms with Crippen LogP contribution in [0.4, 0.5) is 17.6 Å². The van der Waals surface area contributed by atoms with Gasteiger partial charge in [0.25, 0.3) is 0 Å². The maximum atomic E-state index is 14.0. The van der Waals surface area contributed by atoms with Gasteiger partial charge in [-0.1, -0.05) is 34.5 Å². The summed E-state index contributed by atoms with van der Waals surface area (Å²) >= 11 is 11.7. The Morgan fingerprint density at radius 2 is 1.79 bits per heavy atom. The summed E-state index contributed by atoms with van der Waals surface area (Å²) in [7, 11) is 0. The smallest absolute Gasteiger partial charge is 0.394 e. The number of ether oxygens (including phenoxy) is 1. The predicted molar refractivity (Wildman–Crippen MR) is 128 cm³/mol. The average molecular weight is 589 g/mol. The van der Waals surface area contributed by atoms with Gasteiger partial charge in [-0.3, -0.25) is 4.57 Å². The van der Waals surface area contributed by atoms with Crippen molar-refractivity contribution in [2.75, 3.05) is 6.61 Å². The highest BCUT2D eigenvalue weighted by Crippen LogP contribution is 2.40. The van der Waals surface area contributed by atoms with Gasteiger partial charge in [0, 0.05) is 10.6 Å². The number of nitrogens with zero attached hydrogens (tertiary/aromatic N) is 6. The summed E-state index contributed by atoms with van der Waals surface area (Å²) in [6.07, 6.45) is -8.46. The van der Waals surface area contributed by atoms with E-state index >= 15 is 0 Å². The number of aliphatic hydroxyl groups is 3.